The molecule has 5 nitrogen and oxygen atoms in total. The zero-order chi connectivity index (χ0) is 19.0. The number of carbonyl (C=O) groups is 1. The fraction of sp³-hybridized carbons (Fsp3) is 0.650. The van der Waals surface area contributed by atoms with Crippen molar-refractivity contribution < 1.29 is 13.2 Å². The number of unbranched alkanes of at least 4 members (excludes halogenated alkanes) is 1. The van der Waals surface area contributed by atoms with Crippen LogP contribution in [-0.4, -0.2) is 48.9 Å². The molecule has 1 heterocycles. The van der Waals surface area contributed by atoms with Gasteiger partial charge in [0.25, 0.3) is 0 Å². The number of sulfonamides is 1. The van der Waals surface area contributed by atoms with E-state index in [-0.39, 0.29) is 17.6 Å². The largest absolute Gasteiger partial charge is 0.338 e. The predicted octanol–water partition coefficient (Wildman–Crippen LogP) is 3.27. The minimum atomic E-state index is -3.17. The van der Waals surface area contributed by atoms with Crippen LogP contribution >= 0.6 is 0 Å². The van der Waals surface area contributed by atoms with Crippen molar-refractivity contribution in [1.82, 2.24) is 9.21 Å². The summed E-state index contributed by atoms with van der Waals surface area (Å²) in [6.07, 6.45) is 3.74. The Morgan fingerprint density at radius 2 is 1.77 bits per heavy atom. The first kappa shape index (κ1) is 20.9. The molecule has 26 heavy (non-hydrogen) atoms. The second-order valence-electron chi connectivity index (χ2n) is 7.09. The zero-order valence-electron chi connectivity index (χ0n) is 16.1. The van der Waals surface area contributed by atoms with E-state index in [0.717, 1.165) is 24.9 Å². The van der Waals surface area contributed by atoms with E-state index in [1.54, 1.807) is 4.31 Å². The molecule has 1 saturated heterocycles. The van der Waals surface area contributed by atoms with Crippen LogP contribution in [0.3, 0.4) is 0 Å². The Labute approximate surface area is 158 Å². The number of nitrogens with zero attached hydrogens (tertiary/aromatic N) is 2. The Morgan fingerprint density at radius 3 is 2.35 bits per heavy atom. The minimum Gasteiger partial charge on any atom is -0.338 e. The summed E-state index contributed by atoms with van der Waals surface area (Å²) in [6.45, 7) is 6.37. The molecule has 0 bridgehead atoms. The molecule has 0 N–H and O–H groups in total. The quantitative estimate of drug-likeness (QED) is 0.661. The van der Waals surface area contributed by atoms with Crippen LogP contribution in [0.25, 0.3) is 0 Å². The van der Waals surface area contributed by atoms with Crippen LogP contribution in [0.5, 0.6) is 0 Å². The van der Waals surface area contributed by atoms with Gasteiger partial charge in [0.1, 0.15) is 0 Å². The van der Waals surface area contributed by atoms with Gasteiger partial charge in [-0.05, 0) is 31.2 Å². The van der Waals surface area contributed by atoms with E-state index in [1.807, 2.05) is 42.2 Å². The second kappa shape index (κ2) is 10.1. The molecule has 0 aliphatic carbocycles. The Balaban J connectivity index is 1.94. The first-order chi connectivity index (χ1) is 12.5. The van der Waals surface area contributed by atoms with Gasteiger partial charge >= 0.3 is 0 Å². The lowest BCUT2D eigenvalue weighted by molar-refractivity contribution is -0.137. The molecule has 1 aromatic rings. The Morgan fingerprint density at radius 1 is 1.12 bits per heavy atom. The van der Waals surface area contributed by atoms with E-state index in [4.69, 9.17) is 0 Å². The van der Waals surface area contributed by atoms with Crippen molar-refractivity contribution in [2.45, 2.75) is 52.5 Å². The summed E-state index contributed by atoms with van der Waals surface area (Å²) in [7, 11) is -3.17. The molecule has 0 atom stereocenters. The summed E-state index contributed by atoms with van der Waals surface area (Å²) in [5.41, 5.74) is 1.13. The van der Waals surface area contributed by atoms with Gasteiger partial charge in [0, 0.05) is 32.1 Å². The molecule has 1 fully saturated rings. The molecule has 0 saturated carbocycles. The monoisotopic (exact) mass is 380 g/mol. The summed E-state index contributed by atoms with van der Waals surface area (Å²) < 4.78 is 26.2. The maximum absolute atomic E-state index is 13.0. The number of carbonyl (C=O) groups excluding carboxylic acids is 1. The molecule has 6 heteroatoms. The van der Waals surface area contributed by atoms with Gasteiger partial charge in [-0.3, -0.25) is 4.79 Å². The van der Waals surface area contributed by atoms with Crippen LogP contribution in [0.2, 0.25) is 0 Å². The number of amides is 1. The molecule has 0 aromatic heterocycles. The molecule has 2 rings (SSSR count). The summed E-state index contributed by atoms with van der Waals surface area (Å²) in [5, 5.41) is 0. The van der Waals surface area contributed by atoms with Crippen LogP contribution in [0.4, 0.5) is 0 Å². The lowest BCUT2D eigenvalue weighted by Gasteiger charge is -2.33. The van der Waals surface area contributed by atoms with Crippen LogP contribution < -0.4 is 0 Å². The first-order valence-electron chi connectivity index (χ1n) is 9.78. The van der Waals surface area contributed by atoms with Crippen LogP contribution in [0.1, 0.15) is 51.5 Å². The molecule has 0 radical (unpaired) electrons. The Hall–Kier alpha value is -1.40. The number of piperidine rings is 1. The van der Waals surface area contributed by atoms with E-state index in [2.05, 4.69) is 6.92 Å². The summed E-state index contributed by atoms with van der Waals surface area (Å²) in [6, 6.07) is 10.0. The number of hydrogen-bond donors (Lipinski definition) is 0. The van der Waals surface area contributed by atoms with Crippen molar-refractivity contribution in [3.05, 3.63) is 35.9 Å². The summed E-state index contributed by atoms with van der Waals surface area (Å²) >= 11 is 0. The van der Waals surface area contributed by atoms with E-state index < -0.39 is 10.0 Å². The average Bonchev–Trinajstić information content (AvgIpc) is 2.66. The zero-order valence-corrected chi connectivity index (χ0v) is 16.9. The normalized spacial score (nSPS) is 16.5. The smallest absolute Gasteiger partial charge is 0.226 e. The standard InChI is InChI=1S/C20H32N2O3S/c1-3-5-16-26(24,25)22-14-11-19(12-15-22)20(23)21(13-4-2)17-18-9-7-6-8-10-18/h6-10,19H,3-5,11-17H2,1-2H3. The van der Waals surface area contributed by atoms with Crippen LogP contribution in [0, 0.1) is 5.92 Å². The van der Waals surface area contributed by atoms with Crippen molar-refractivity contribution in [3.63, 3.8) is 0 Å². The van der Waals surface area contributed by atoms with Gasteiger partial charge < -0.3 is 4.90 Å². The maximum atomic E-state index is 13.0. The number of hydrogen-bond acceptors (Lipinski definition) is 3. The molecular formula is C20H32N2O3S. The fourth-order valence-electron chi connectivity index (χ4n) is 3.44. The van der Waals surface area contributed by atoms with Gasteiger partial charge in [-0.15, -0.1) is 0 Å². The molecular weight excluding hydrogens is 348 g/mol. The van der Waals surface area contributed by atoms with Crippen molar-refractivity contribution in [3.8, 4) is 0 Å². The lowest BCUT2D eigenvalue weighted by Crippen LogP contribution is -2.45. The molecule has 1 amide bonds. The second-order valence-corrected chi connectivity index (χ2v) is 9.18. The predicted molar refractivity (Wildman–Crippen MR) is 105 cm³/mol. The third kappa shape index (κ3) is 5.81. The maximum Gasteiger partial charge on any atom is 0.226 e. The van der Waals surface area contributed by atoms with Crippen LogP contribution in [0.15, 0.2) is 30.3 Å². The van der Waals surface area contributed by atoms with Gasteiger partial charge in [0.2, 0.25) is 15.9 Å². The SMILES string of the molecule is CCCCS(=O)(=O)N1CCC(C(=O)N(CCC)Cc2ccccc2)CC1. The van der Waals surface area contributed by atoms with Gasteiger partial charge in [0.05, 0.1) is 5.75 Å². The van der Waals surface area contributed by atoms with Gasteiger partial charge in [-0.1, -0.05) is 50.6 Å². The van der Waals surface area contributed by atoms with Gasteiger partial charge in [0.15, 0.2) is 0 Å². The van der Waals surface area contributed by atoms with Crippen molar-refractivity contribution in [2.75, 3.05) is 25.4 Å². The van der Waals surface area contributed by atoms with E-state index in [0.29, 0.717) is 38.9 Å². The molecule has 0 spiro atoms. The molecule has 146 valence electrons. The number of benzene rings is 1. The highest BCUT2D eigenvalue weighted by Crippen LogP contribution is 2.23. The third-order valence-electron chi connectivity index (χ3n) is 4.97. The molecule has 1 aliphatic rings. The van der Waals surface area contributed by atoms with Crippen molar-refractivity contribution in [1.29, 1.82) is 0 Å². The lowest BCUT2D eigenvalue weighted by atomic mass is 9.96. The topological polar surface area (TPSA) is 57.7 Å². The van der Waals surface area contributed by atoms with E-state index >= 15 is 0 Å². The van der Waals surface area contributed by atoms with Crippen LogP contribution in [-0.2, 0) is 21.4 Å². The van der Waals surface area contributed by atoms with Gasteiger partial charge in [-0.25, -0.2) is 12.7 Å². The molecule has 1 aromatic carbocycles. The highest BCUT2D eigenvalue weighted by atomic mass is 32.2. The molecule has 0 unspecified atom stereocenters. The van der Waals surface area contributed by atoms with Crippen molar-refractivity contribution in [2.24, 2.45) is 5.92 Å². The fourth-order valence-corrected chi connectivity index (χ4v) is 5.11. The minimum absolute atomic E-state index is 0.0668. The summed E-state index contributed by atoms with van der Waals surface area (Å²) in [4.78, 5) is 14.9. The average molecular weight is 381 g/mol. The van der Waals surface area contributed by atoms with Crippen molar-refractivity contribution >= 4 is 15.9 Å². The highest BCUT2D eigenvalue weighted by Gasteiger charge is 2.32. The summed E-state index contributed by atoms with van der Waals surface area (Å²) in [5.74, 6) is 0.321. The van der Waals surface area contributed by atoms with Gasteiger partial charge in [-0.2, -0.15) is 0 Å². The van der Waals surface area contributed by atoms with E-state index in [1.165, 1.54) is 0 Å². The Kier molecular flexibility index (Phi) is 8.10. The molecule has 1 aliphatic heterocycles. The number of rotatable bonds is 9. The first-order valence-corrected chi connectivity index (χ1v) is 11.4. The third-order valence-corrected chi connectivity index (χ3v) is 6.93. The van der Waals surface area contributed by atoms with E-state index in [9.17, 15) is 13.2 Å². The Bertz CT molecular complexity index is 653. The highest BCUT2D eigenvalue weighted by molar-refractivity contribution is 7.89.